The van der Waals surface area contributed by atoms with E-state index in [1.807, 2.05) is 0 Å². The van der Waals surface area contributed by atoms with Gasteiger partial charge < -0.3 is 0 Å². The molecule has 3 aromatic carbocycles. The van der Waals surface area contributed by atoms with Crippen molar-refractivity contribution >= 4 is 25.8 Å². The summed E-state index contributed by atoms with van der Waals surface area (Å²) in [5, 5.41) is 0. The van der Waals surface area contributed by atoms with Gasteiger partial charge in [0.2, 0.25) is 0 Å². The van der Waals surface area contributed by atoms with Crippen molar-refractivity contribution in [2.24, 2.45) is 0 Å². The molecule has 0 aromatic heterocycles. The molecule has 0 saturated heterocycles. The average molecular weight is 428 g/mol. The summed E-state index contributed by atoms with van der Waals surface area (Å²) in [7, 11) is 0. The Labute approximate surface area is 157 Å². The maximum atomic E-state index is 2.55. The first-order valence-electron chi connectivity index (χ1n) is 9.05. The van der Waals surface area contributed by atoms with Crippen LogP contribution in [0.15, 0.2) is 72.8 Å². The van der Waals surface area contributed by atoms with Gasteiger partial charge in [0.05, 0.1) is 0 Å². The zero-order valence-corrected chi connectivity index (χ0v) is 17.5. The summed E-state index contributed by atoms with van der Waals surface area (Å²) in [6.07, 6.45) is 4.70. The molecule has 0 nitrogen and oxygen atoms in total. The van der Waals surface area contributed by atoms with E-state index in [9.17, 15) is 0 Å². The molecule has 2 unspecified atom stereocenters. The molecular weight excluding hydrogens is 407 g/mol. The standard InChI is InChI=1S/C22H15.2CH3.Sn/c1-3-8-17-15(6-1)12-13-21(17)20-11-5-10-19-18-9-4-2-7-16(18)14-22(19)20;;;/h1-14,21H;2*1H3;. The van der Waals surface area contributed by atoms with E-state index in [4.69, 9.17) is 0 Å². The first-order chi connectivity index (χ1) is 12.3. The van der Waals surface area contributed by atoms with Crippen molar-refractivity contribution in [1.29, 1.82) is 0 Å². The second-order valence-electron chi connectivity index (χ2n) is 7.37. The van der Waals surface area contributed by atoms with Crippen molar-refractivity contribution < 1.29 is 0 Å². The van der Waals surface area contributed by atoms with Crippen LogP contribution in [0, 0.1) is 0 Å². The van der Waals surface area contributed by atoms with Gasteiger partial charge in [-0.1, -0.05) is 0 Å². The topological polar surface area (TPSA) is 0 Å². The van der Waals surface area contributed by atoms with E-state index in [0.29, 0.717) is 9.85 Å². The van der Waals surface area contributed by atoms with Crippen LogP contribution in [0.5, 0.6) is 0 Å². The summed E-state index contributed by atoms with van der Waals surface area (Å²) in [5.41, 5.74) is 10.5. The molecule has 2 aliphatic carbocycles. The first-order valence-corrected chi connectivity index (χ1v) is 16.4. The molecule has 0 saturated carbocycles. The summed E-state index contributed by atoms with van der Waals surface area (Å²) < 4.78 is 0.686. The minimum absolute atomic E-state index is 0.408. The molecular formula is C24H21Sn. The zero-order chi connectivity index (χ0) is 17.0. The molecule has 2 atom stereocenters. The molecule has 2 aliphatic rings. The molecule has 5 rings (SSSR count). The number of hydrogen-bond acceptors (Lipinski definition) is 0. The summed E-state index contributed by atoms with van der Waals surface area (Å²) in [5.74, 6) is 0.408. The zero-order valence-electron chi connectivity index (χ0n) is 14.7. The van der Waals surface area contributed by atoms with Gasteiger partial charge in [0.1, 0.15) is 0 Å². The monoisotopic (exact) mass is 429 g/mol. The summed E-state index contributed by atoms with van der Waals surface area (Å²) in [4.78, 5) is 5.10. The second kappa shape index (κ2) is 5.88. The van der Waals surface area contributed by atoms with Gasteiger partial charge in [0.25, 0.3) is 0 Å². The molecule has 3 aromatic rings. The molecule has 0 heterocycles. The van der Waals surface area contributed by atoms with Gasteiger partial charge in [-0.25, -0.2) is 0 Å². The van der Waals surface area contributed by atoms with Crippen LogP contribution in [-0.2, 0) is 0 Å². The fourth-order valence-electron chi connectivity index (χ4n) is 4.68. The van der Waals surface area contributed by atoms with Crippen molar-refractivity contribution in [2.75, 3.05) is 0 Å². The van der Waals surface area contributed by atoms with Gasteiger partial charge in [0, 0.05) is 0 Å². The predicted molar refractivity (Wildman–Crippen MR) is 109 cm³/mol. The fraction of sp³-hybridized carbons (Fsp3) is 0.167. The molecule has 25 heavy (non-hydrogen) atoms. The van der Waals surface area contributed by atoms with Gasteiger partial charge in [0.15, 0.2) is 0 Å². The Bertz CT molecular complexity index is 996. The Hall–Kier alpha value is -1.80. The van der Waals surface area contributed by atoms with Gasteiger partial charge >= 0.3 is 157 Å². The SMILES string of the molecule is [CH3][Sn]([CH3])[CH]1c2ccccc2-c2cccc(C3C=Cc4ccccc43)c21. The molecule has 0 fully saturated rings. The van der Waals surface area contributed by atoms with Crippen LogP contribution in [0.1, 0.15) is 37.7 Å². The van der Waals surface area contributed by atoms with Gasteiger partial charge in [-0.15, -0.1) is 0 Å². The number of rotatable bonds is 2. The number of fused-ring (bicyclic) bond motifs is 4. The van der Waals surface area contributed by atoms with E-state index in [0.717, 1.165) is 0 Å². The second-order valence-corrected chi connectivity index (χ2v) is 15.2. The first kappa shape index (κ1) is 15.5. The Kier molecular flexibility index (Phi) is 3.63. The van der Waals surface area contributed by atoms with Crippen LogP contribution in [0.3, 0.4) is 0 Å². The molecule has 0 amide bonds. The van der Waals surface area contributed by atoms with E-state index in [-0.39, 0.29) is 0 Å². The third-order valence-corrected chi connectivity index (χ3v) is 10.7. The molecule has 1 radical (unpaired) electrons. The number of allylic oxidation sites excluding steroid dienone is 1. The summed E-state index contributed by atoms with van der Waals surface area (Å²) in [6, 6.07) is 24.9. The fourth-order valence-corrected chi connectivity index (χ4v) is 9.74. The third-order valence-electron chi connectivity index (χ3n) is 5.70. The molecule has 0 spiro atoms. The summed E-state index contributed by atoms with van der Waals surface area (Å²) in [6.45, 7) is 0. The van der Waals surface area contributed by atoms with E-state index in [1.54, 1.807) is 11.1 Å². The maximum absolute atomic E-state index is 2.55. The Balaban J connectivity index is 1.75. The Morgan fingerprint density at radius 2 is 1.36 bits per heavy atom. The molecule has 1 heteroatoms. The molecule has 121 valence electrons. The Morgan fingerprint density at radius 3 is 2.20 bits per heavy atom. The van der Waals surface area contributed by atoms with Gasteiger partial charge in [-0.2, -0.15) is 0 Å². The van der Waals surface area contributed by atoms with E-state index >= 15 is 0 Å². The van der Waals surface area contributed by atoms with Crippen molar-refractivity contribution in [2.45, 2.75) is 19.7 Å². The van der Waals surface area contributed by atoms with Crippen molar-refractivity contribution in [1.82, 2.24) is 0 Å². The van der Waals surface area contributed by atoms with Crippen molar-refractivity contribution in [3.8, 4) is 11.1 Å². The van der Waals surface area contributed by atoms with Crippen LogP contribution < -0.4 is 0 Å². The van der Waals surface area contributed by atoms with Crippen molar-refractivity contribution in [3.63, 3.8) is 0 Å². The van der Waals surface area contributed by atoms with Crippen LogP contribution >= 0.6 is 0 Å². The normalized spacial score (nSPS) is 19.8. The van der Waals surface area contributed by atoms with E-state index in [2.05, 4.69) is 88.8 Å². The van der Waals surface area contributed by atoms with Crippen molar-refractivity contribution in [3.05, 3.63) is 101 Å². The van der Waals surface area contributed by atoms with Crippen LogP contribution in [-0.4, -0.2) is 19.8 Å². The van der Waals surface area contributed by atoms with Crippen LogP contribution in [0.4, 0.5) is 0 Å². The Morgan fingerprint density at radius 1 is 0.680 bits per heavy atom. The average Bonchev–Trinajstić information content (AvgIpc) is 3.21. The molecule has 0 bridgehead atoms. The summed E-state index contributed by atoms with van der Waals surface area (Å²) >= 11 is -1.49. The van der Waals surface area contributed by atoms with Gasteiger partial charge in [-0.05, 0) is 0 Å². The van der Waals surface area contributed by atoms with E-state index < -0.39 is 19.8 Å². The quantitative estimate of drug-likeness (QED) is 0.424. The number of benzene rings is 3. The minimum atomic E-state index is -1.49. The van der Waals surface area contributed by atoms with Gasteiger partial charge in [-0.3, -0.25) is 0 Å². The third kappa shape index (κ3) is 2.27. The molecule has 0 N–H and O–H groups in total. The molecule has 0 aliphatic heterocycles. The predicted octanol–water partition coefficient (Wildman–Crippen LogP) is 6.25. The number of hydrogen-bond donors (Lipinski definition) is 0. The van der Waals surface area contributed by atoms with Crippen LogP contribution in [0.25, 0.3) is 17.2 Å². The van der Waals surface area contributed by atoms with Crippen LogP contribution in [0.2, 0.25) is 9.88 Å². The van der Waals surface area contributed by atoms with E-state index in [1.165, 1.54) is 27.8 Å².